The molecule has 0 radical (unpaired) electrons. The van der Waals surface area contributed by atoms with Crippen molar-refractivity contribution in [3.8, 4) is 11.5 Å². The number of nitrogens with one attached hydrogen (secondary N) is 1. The second-order valence-electron chi connectivity index (χ2n) is 7.79. The van der Waals surface area contributed by atoms with E-state index in [4.69, 9.17) is 9.47 Å². The predicted octanol–water partition coefficient (Wildman–Crippen LogP) is 2.00. The predicted molar refractivity (Wildman–Crippen MR) is 117 cm³/mol. The largest absolute Gasteiger partial charge is 0.490 e. The number of amides is 1. The summed E-state index contributed by atoms with van der Waals surface area (Å²) in [5.74, 6) is 0.296. The summed E-state index contributed by atoms with van der Waals surface area (Å²) in [5.41, 5.74) is 0.890. The van der Waals surface area contributed by atoms with Gasteiger partial charge < -0.3 is 19.3 Å². The molecule has 2 aromatic rings. The average molecular weight is 464 g/mol. The van der Waals surface area contributed by atoms with E-state index in [0.29, 0.717) is 50.9 Å². The Hall–Kier alpha value is -2.85. The van der Waals surface area contributed by atoms with Crippen LogP contribution in [0.4, 0.5) is 10.1 Å². The Morgan fingerprint density at radius 3 is 2.34 bits per heavy atom. The van der Waals surface area contributed by atoms with Crippen LogP contribution >= 0.6 is 0 Å². The third-order valence-corrected chi connectivity index (χ3v) is 7.05. The van der Waals surface area contributed by atoms with E-state index in [9.17, 15) is 17.6 Å². The van der Waals surface area contributed by atoms with Gasteiger partial charge in [0.25, 0.3) is 0 Å². The van der Waals surface area contributed by atoms with E-state index in [1.807, 2.05) is 0 Å². The van der Waals surface area contributed by atoms with E-state index in [1.54, 1.807) is 23.1 Å². The van der Waals surface area contributed by atoms with Crippen LogP contribution in [-0.2, 0) is 14.8 Å². The van der Waals surface area contributed by atoms with Gasteiger partial charge in [0.15, 0.2) is 11.5 Å². The fourth-order valence-corrected chi connectivity index (χ4v) is 4.98. The zero-order valence-electron chi connectivity index (χ0n) is 17.8. The second kappa shape index (κ2) is 9.33. The first-order valence-electron chi connectivity index (χ1n) is 10.5. The molecular weight excluding hydrogens is 437 g/mol. The van der Waals surface area contributed by atoms with Crippen LogP contribution < -0.4 is 19.1 Å². The highest BCUT2D eigenvalue weighted by atomic mass is 32.2. The fraction of sp³-hybridized carbons (Fsp3) is 0.409. The molecule has 0 saturated carbocycles. The molecule has 0 aliphatic carbocycles. The van der Waals surface area contributed by atoms with Crippen LogP contribution in [0.3, 0.4) is 0 Å². The SMILES string of the molecule is C[C@@H](NS(=O)(=O)c1ccc2c(c1)OCCCO2)C(=O)N1CCN(c2ccc(F)cc2)CC1. The Kier molecular flexibility index (Phi) is 6.52. The standard InChI is InChI=1S/C22H26FN3O5S/c1-16(22(27)26-11-9-25(10-12-26)18-5-3-17(23)4-6-18)24-32(28,29)19-7-8-20-21(15-19)31-14-2-13-30-20/h3-8,15-16,24H,2,9-14H2,1H3/t16-/m1/s1. The summed E-state index contributed by atoms with van der Waals surface area (Å²) in [6.45, 7) is 4.56. The molecule has 2 aliphatic rings. The molecule has 1 fully saturated rings. The molecule has 0 unspecified atom stereocenters. The van der Waals surface area contributed by atoms with Gasteiger partial charge in [-0.2, -0.15) is 4.72 Å². The van der Waals surface area contributed by atoms with Gasteiger partial charge in [0.2, 0.25) is 15.9 Å². The van der Waals surface area contributed by atoms with E-state index in [1.165, 1.54) is 31.2 Å². The number of hydrogen-bond donors (Lipinski definition) is 1. The number of sulfonamides is 1. The first-order chi connectivity index (χ1) is 15.3. The Labute approximate surface area is 187 Å². The molecule has 0 bridgehead atoms. The summed E-state index contributed by atoms with van der Waals surface area (Å²) in [6, 6.07) is 9.73. The Morgan fingerprint density at radius 2 is 1.66 bits per heavy atom. The first kappa shape index (κ1) is 22.3. The topological polar surface area (TPSA) is 88.2 Å². The molecule has 1 N–H and O–H groups in total. The lowest BCUT2D eigenvalue weighted by molar-refractivity contribution is -0.132. The molecule has 8 nitrogen and oxygen atoms in total. The van der Waals surface area contributed by atoms with Crippen molar-refractivity contribution < 1.29 is 27.1 Å². The molecule has 172 valence electrons. The van der Waals surface area contributed by atoms with E-state index in [-0.39, 0.29) is 16.6 Å². The molecule has 2 heterocycles. The number of carbonyl (C=O) groups is 1. The van der Waals surface area contributed by atoms with Gasteiger partial charge in [-0.25, -0.2) is 12.8 Å². The Balaban J connectivity index is 1.37. The van der Waals surface area contributed by atoms with Crippen molar-refractivity contribution in [1.29, 1.82) is 0 Å². The summed E-state index contributed by atoms with van der Waals surface area (Å²) in [5, 5.41) is 0. The van der Waals surface area contributed by atoms with Crippen LogP contribution in [0.1, 0.15) is 13.3 Å². The lowest BCUT2D eigenvalue weighted by atomic mass is 10.2. The zero-order valence-corrected chi connectivity index (χ0v) is 18.6. The van der Waals surface area contributed by atoms with Crippen molar-refractivity contribution in [2.24, 2.45) is 0 Å². The summed E-state index contributed by atoms with van der Waals surface area (Å²) in [6.07, 6.45) is 0.717. The first-order valence-corrected chi connectivity index (χ1v) is 12.0. The third-order valence-electron chi connectivity index (χ3n) is 5.51. The molecule has 0 aromatic heterocycles. The minimum atomic E-state index is -3.93. The van der Waals surface area contributed by atoms with Crippen molar-refractivity contribution in [3.05, 3.63) is 48.3 Å². The number of ether oxygens (including phenoxy) is 2. The quantitative estimate of drug-likeness (QED) is 0.730. The Morgan fingerprint density at radius 1 is 1.00 bits per heavy atom. The highest BCUT2D eigenvalue weighted by Gasteiger charge is 2.29. The third kappa shape index (κ3) is 4.97. The molecule has 32 heavy (non-hydrogen) atoms. The maximum Gasteiger partial charge on any atom is 0.241 e. The number of fused-ring (bicyclic) bond motifs is 1. The summed E-state index contributed by atoms with van der Waals surface area (Å²) < 4.78 is 52.4. The van der Waals surface area contributed by atoms with Crippen LogP contribution in [0, 0.1) is 5.82 Å². The smallest absolute Gasteiger partial charge is 0.241 e. The van der Waals surface area contributed by atoms with Gasteiger partial charge in [0.05, 0.1) is 24.2 Å². The van der Waals surface area contributed by atoms with Gasteiger partial charge in [0, 0.05) is 44.4 Å². The number of anilines is 1. The van der Waals surface area contributed by atoms with Gasteiger partial charge in [0.1, 0.15) is 5.82 Å². The number of hydrogen-bond acceptors (Lipinski definition) is 6. The van der Waals surface area contributed by atoms with Gasteiger partial charge in [-0.1, -0.05) is 0 Å². The van der Waals surface area contributed by atoms with Crippen molar-refractivity contribution in [2.75, 3.05) is 44.3 Å². The van der Waals surface area contributed by atoms with Crippen LogP contribution in [0.2, 0.25) is 0 Å². The van der Waals surface area contributed by atoms with E-state index >= 15 is 0 Å². The van der Waals surface area contributed by atoms with Gasteiger partial charge in [-0.3, -0.25) is 4.79 Å². The highest BCUT2D eigenvalue weighted by molar-refractivity contribution is 7.89. The number of piperazine rings is 1. The van der Waals surface area contributed by atoms with Gasteiger partial charge in [-0.05, 0) is 43.3 Å². The van der Waals surface area contributed by atoms with Crippen molar-refractivity contribution in [1.82, 2.24) is 9.62 Å². The van der Waals surface area contributed by atoms with Crippen molar-refractivity contribution in [2.45, 2.75) is 24.3 Å². The van der Waals surface area contributed by atoms with Gasteiger partial charge in [-0.15, -0.1) is 0 Å². The number of benzene rings is 2. The van der Waals surface area contributed by atoms with Crippen molar-refractivity contribution >= 4 is 21.6 Å². The molecule has 2 aromatic carbocycles. The molecule has 2 aliphatic heterocycles. The normalized spacial score (nSPS) is 17.6. The zero-order chi connectivity index (χ0) is 22.7. The maximum atomic E-state index is 13.1. The van der Waals surface area contributed by atoms with Gasteiger partial charge >= 0.3 is 0 Å². The maximum absolute atomic E-state index is 13.1. The number of halogens is 1. The monoisotopic (exact) mass is 463 g/mol. The van der Waals surface area contributed by atoms with E-state index in [0.717, 1.165) is 12.1 Å². The number of rotatable bonds is 5. The number of nitrogens with zero attached hydrogens (tertiary/aromatic N) is 2. The highest BCUT2D eigenvalue weighted by Crippen LogP contribution is 2.32. The molecule has 1 atom stereocenters. The minimum absolute atomic E-state index is 0.0162. The van der Waals surface area contributed by atoms with Crippen LogP contribution in [0.5, 0.6) is 11.5 Å². The van der Waals surface area contributed by atoms with E-state index < -0.39 is 16.1 Å². The molecule has 1 amide bonds. The van der Waals surface area contributed by atoms with Crippen LogP contribution in [-0.4, -0.2) is 64.7 Å². The number of carbonyl (C=O) groups excluding carboxylic acids is 1. The second-order valence-corrected chi connectivity index (χ2v) is 9.50. The molecule has 10 heteroatoms. The lowest BCUT2D eigenvalue weighted by Gasteiger charge is -2.37. The Bertz CT molecular complexity index is 1070. The molecule has 0 spiro atoms. The average Bonchev–Trinajstić information content (AvgIpc) is 3.04. The van der Waals surface area contributed by atoms with Crippen LogP contribution in [0.25, 0.3) is 0 Å². The summed E-state index contributed by atoms with van der Waals surface area (Å²) >= 11 is 0. The molecule has 4 rings (SSSR count). The minimum Gasteiger partial charge on any atom is -0.490 e. The van der Waals surface area contributed by atoms with Crippen LogP contribution in [0.15, 0.2) is 47.4 Å². The summed E-state index contributed by atoms with van der Waals surface area (Å²) in [7, 11) is -3.93. The van der Waals surface area contributed by atoms with E-state index in [2.05, 4.69) is 9.62 Å². The lowest BCUT2D eigenvalue weighted by Crippen LogP contribution is -2.54. The summed E-state index contributed by atoms with van der Waals surface area (Å²) in [4.78, 5) is 16.6. The fourth-order valence-electron chi connectivity index (χ4n) is 3.77. The molecular formula is C22H26FN3O5S. The molecule has 1 saturated heterocycles. The van der Waals surface area contributed by atoms with Crippen molar-refractivity contribution in [3.63, 3.8) is 0 Å².